The van der Waals surface area contributed by atoms with Gasteiger partial charge in [0, 0.05) is 23.0 Å². The Morgan fingerprint density at radius 1 is 1.23 bits per heavy atom. The van der Waals surface area contributed by atoms with Gasteiger partial charge in [0.15, 0.2) is 0 Å². The van der Waals surface area contributed by atoms with Gasteiger partial charge in [-0.3, -0.25) is 4.99 Å². The Balaban J connectivity index is 1.91. The van der Waals surface area contributed by atoms with Crippen molar-refractivity contribution in [1.29, 1.82) is 5.26 Å². The van der Waals surface area contributed by atoms with Gasteiger partial charge in [-0.2, -0.15) is 5.26 Å². The highest BCUT2D eigenvalue weighted by molar-refractivity contribution is 5.93. The van der Waals surface area contributed by atoms with Crippen molar-refractivity contribution in [3.05, 3.63) is 76.7 Å². The first-order valence-corrected chi connectivity index (χ1v) is 10.9. The number of nitrogens with zero attached hydrogens (tertiary/aromatic N) is 2. The topological polar surface area (TPSA) is 71.4 Å². The highest BCUT2D eigenvalue weighted by Crippen LogP contribution is 2.37. The number of nitriles is 1. The Bertz CT molecular complexity index is 1090. The smallest absolute Gasteiger partial charge is 0.136 e. The fourth-order valence-corrected chi connectivity index (χ4v) is 3.94. The second-order valence-electron chi connectivity index (χ2n) is 8.13. The molecular formula is C27H31N3O. The molecule has 160 valence electrons. The number of hydrogen-bond donors (Lipinski definition) is 1. The number of aliphatic imine (C=N–C) groups is 1. The largest absolute Gasteiger partial charge is 0.461 e. The molecule has 3 rings (SSSR count). The second-order valence-corrected chi connectivity index (χ2v) is 8.13. The molecule has 2 N–H and O–H groups in total. The van der Waals surface area contributed by atoms with Crippen molar-refractivity contribution >= 4 is 5.71 Å². The van der Waals surface area contributed by atoms with Crippen molar-refractivity contribution < 1.29 is 4.74 Å². The maximum atomic E-state index is 9.37. The first kappa shape index (κ1) is 22.5. The molecule has 0 saturated heterocycles. The minimum Gasteiger partial charge on any atom is -0.461 e. The van der Waals surface area contributed by atoms with E-state index >= 15 is 0 Å². The molecule has 2 aromatic rings. The predicted molar refractivity (Wildman–Crippen MR) is 128 cm³/mol. The molecule has 0 radical (unpaired) electrons. The molecule has 0 aliphatic heterocycles. The van der Waals surface area contributed by atoms with E-state index in [1.165, 1.54) is 11.1 Å². The molecule has 1 aliphatic carbocycles. The zero-order chi connectivity index (χ0) is 22.4. The van der Waals surface area contributed by atoms with Crippen LogP contribution in [0.2, 0.25) is 0 Å². The van der Waals surface area contributed by atoms with E-state index in [4.69, 9.17) is 10.5 Å². The molecule has 0 fully saturated rings. The van der Waals surface area contributed by atoms with Crippen LogP contribution in [0.4, 0.5) is 0 Å². The second kappa shape index (κ2) is 10.2. The summed E-state index contributed by atoms with van der Waals surface area (Å²) >= 11 is 0. The Labute approximate surface area is 185 Å². The molecule has 4 nitrogen and oxygen atoms in total. The standard InChI is InChI=1S/C27H31N3O/c1-5-6-7-18(2)30-19(3)14-20(4)31-27-15-21(17-28)8-11-25(27)23-9-12-24-22(16-23)10-13-26(24)29/h7-9,11-12,14-16,26H,5-6,10,13,29H2,1-4H3/b18-7+,20-14+,30-19+. The molecule has 1 aliphatic rings. The Kier molecular flexibility index (Phi) is 7.44. The lowest BCUT2D eigenvalue weighted by molar-refractivity contribution is 0.430. The lowest BCUT2D eigenvalue weighted by atomic mass is 9.98. The average Bonchev–Trinajstić information content (AvgIpc) is 3.12. The third-order valence-electron chi connectivity index (χ3n) is 5.45. The monoisotopic (exact) mass is 413 g/mol. The summed E-state index contributed by atoms with van der Waals surface area (Å²) in [5.74, 6) is 1.39. The molecule has 1 atom stereocenters. The van der Waals surface area contributed by atoms with E-state index in [0.717, 1.165) is 54.0 Å². The zero-order valence-electron chi connectivity index (χ0n) is 18.9. The number of unbranched alkanes of at least 4 members (excludes halogenated alkanes) is 1. The van der Waals surface area contributed by atoms with E-state index in [0.29, 0.717) is 11.3 Å². The fraction of sp³-hybridized carbons (Fsp3) is 0.333. The van der Waals surface area contributed by atoms with Crippen LogP contribution in [-0.4, -0.2) is 5.71 Å². The highest BCUT2D eigenvalue weighted by atomic mass is 16.5. The van der Waals surface area contributed by atoms with Crippen LogP contribution in [0.15, 0.2) is 65.0 Å². The Hall–Kier alpha value is -3.16. The maximum absolute atomic E-state index is 9.37. The minimum absolute atomic E-state index is 0.128. The van der Waals surface area contributed by atoms with E-state index in [9.17, 15) is 5.26 Å². The van der Waals surface area contributed by atoms with E-state index in [1.807, 2.05) is 39.0 Å². The molecule has 2 aromatic carbocycles. The number of fused-ring (bicyclic) bond motifs is 1. The average molecular weight is 414 g/mol. The molecule has 0 heterocycles. The van der Waals surface area contributed by atoms with E-state index in [1.54, 1.807) is 6.07 Å². The number of ether oxygens (including phenoxy) is 1. The van der Waals surface area contributed by atoms with Crippen molar-refractivity contribution in [3.63, 3.8) is 0 Å². The molecule has 0 spiro atoms. The first-order valence-electron chi connectivity index (χ1n) is 10.9. The zero-order valence-corrected chi connectivity index (χ0v) is 18.9. The van der Waals surface area contributed by atoms with Gasteiger partial charge >= 0.3 is 0 Å². The van der Waals surface area contributed by atoms with Crippen molar-refractivity contribution in [2.75, 3.05) is 0 Å². The fourth-order valence-electron chi connectivity index (χ4n) is 3.94. The van der Waals surface area contributed by atoms with Gasteiger partial charge in [0.1, 0.15) is 11.5 Å². The van der Waals surface area contributed by atoms with Crippen LogP contribution >= 0.6 is 0 Å². The number of allylic oxidation sites excluding steroid dienone is 4. The highest BCUT2D eigenvalue weighted by Gasteiger charge is 2.20. The molecule has 0 amide bonds. The van der Waals surface area contributed by atoms with Crippen molar-refractivity contribution in [2.45, 2.75) is 59.4 Å². The summed E-state index contributed by atoms with van der Waals surface area (Å²) in [6.45, 7) is 8.04. The normalized spacial score (nSPS) is 16.8. The molecule has 0 bridgehead atoms. The van der Waals surface area contributed by atoms with Crippen LogP contribution in [0.3, 0.4) is 0 Å². The molecule has 0 saturated carbocycles. The summed E-state index contributed by atoms with van der Waals surface area (Å²) in [6, 6.07) is 14.3. The quantitative estimate of drug-likeness (QED) is 0.409. The summed E-state index contributed by atoms with van der Waals surface area (Å²) in [6.07, 6.45) is 8.18. The van der Waals surface area contributed by atoms with Gasteiger partial charge in [-0.05, 0) is 81.0 Å². The van der Waals surface area contributed by atoms with E-state index in [-0.39, 0.29) is 6.04 Å². The molecular weight excluding hydrogens is 382 g/mol. The summed E-state index contributed by atoms with van der Waals surface area (Å²) < 4.78 is 6.20. The van der Waals surface area contributed by atoms with Gasteiger partial charge in [-0.25, -0.2) is 0 Å². The summed E-state index contributed by atoms with van der Waals surface area (Å²) in [7, 11) is 0. The molecule has 0 aromatic heterocycles. The van der Waals surface area contributed by atoms with Gasteiger partial charge in [0.2, 0.25) is 0 Å². The molecule has 1 unspecified atom stereocenters. The Morgan fingerprint density at radius 2 is 2.03 bits per heavy atom. The Morgan fingerprint density at radius 3 is 2.77 bits per heavy atom. The van der Waals surface area contributed by atoms with E-state index < -0.39 is 0 Å². The van der Waals surface area contributed by atoms with Crippen LogP contribution in [0, 0.1) is 11.3 Å². The van der Waals surface area contributed by atoms with Gasteiger partial charge in [-0.1, -0.05) is 37.6 Å². The number of hydrogen-bond acceptors (Lipinski definition) is 4. The predicted octanol–water partition coefficient (Wildman–Crippen LogP) is 6.62. The first-order chi connectivity index (χ1) is 14.9. The van der Waals surface area contributed by atoms with E-state index in [2.05, 4.69) is 42.3 Å². The van der Waals surface area contributed by atoms with Crippen molar-refractivity contribution in [3.8, 4) is 22.9 Å². The molecule has 4 heteroatoms. The van der Waals surface area contributed by atoms with Crippen LogP contribution in [0.25, 0.3) is 11.1 Å². The van der Waals surface area contributed by atoms with Crippen LogP contribution in [0.1, 0.15) is 69.7 Å². The number of aryl methyl sites for hydroxylation is 1. The maximum Gasteiger partial charge on any atom is 0.136 e. The summed E-state index contributed by atoms with van der Waals surface area (Å²) in [5.41, 5.74) is 13.2. The minimum atomic E-state index is 0.128. The van der Waals surface area contributed by atoms with Crippen molar-refractivity contribution in [2.24, 2.45) is 10.7 Å². The van der Waals surface area contributed by atoms with Crippen LogP contribution < -0.4 is 10.5 Å². The van der Waals surface area contributed by atoms with Crippen LogP contribution in [-0.2, 0) is 6.42 Å². The lowest BCUT2D eigenvalue weighted by Gasteiger charge is -2.14. The lowest BCUT2D eigenvalue weighted by Crippen LogP contribution is -2.04. The number of rotatable bonds is 7. The third kappa shape index (κ3) is 5.71. The SMILES string of the molecule is CCC/C=C(C)/N=C(C)/C=C(\C)Oc1cc(C#N)ccc1-c1ccc2c(c1)CCC2N. The van der Waals surface area contributed by atoms with Gasteiger partial charge in [-0.15, -0.1) is 0 Å². The summed E-state index contributed by atoms with van der Waals surface area (Å²) in [4.78, 5) is 4.61. The van der Waals surface area contributed by atoms with Gasteiger partial charge < -0.3 is 10.5 Å². The number of benzene rings is 2. The summed E-state index contributed by atoms with van der Waals surface area (Å²) in [5, 5.41) is 9.37. The third-order valence-corrected chi connectivity index (χ3v) is 5.45. The van der Waals surface area contributed by atoms with Gasteiger partial charge in [0.05, 0.1) is 11.6 Å². The number of nitrogens with two attached hydrogens (primary N) is 1. The van der Waals surface area contributed by atoms with Crippen LogP contribution in [0.5, 0.6) is 5.75 Å². The van der Waals surface area contributed by atoms with Gasteiger partial charge in [0.25, 0.3) is 0 Å². The molecule has 31 heavy (non-hydrogen) atoms. The van der Waals surface area contributed by atoms with Crippen molar-refractivity contribution in [1.82, 2.24) is 0 Å².